The molecular formula is C25H24FN3O2S. The van der Waals surface area contributed by atoms with E-state index >= 15 is 0 Å². The predicted octanol–water partition coefficient (Wildman–Crippen LogP) is 5.83. The molecule has 0 atom stereocenters. The first-order chi connectivity index (χ1) is 15.5. The van der Waals surface area contributed by atoms with Gasteiger partial charge in [-0.2, -0.15) is 0 Å². The number of anilines is 1. The van der Waals surface area contributed by atoms with Crippen LogP contribution in [0.5, 0.6) is 11.5 Å². The van der Waals surface area contributed by atoms with Crippen molar-refractivity contribution in [1.82, 2.24) is 9.88 Å². The van der Waals surface area contributed by atoms with Crippen LogP contribution in [0.3, 0.4) is 0 Å². The number of hydrogen-bond donors (Lipinski definition) is 0. The first-order valence-electron chi connectivity index (χ1n) is 10.4. The average Bonchev–Trinajstić information content (AvgIpc) is 3.23. The number of carbonyl (C=O) groups excluding carboxylic acids is 1. The Morgan fingerprint density at radius 1 is 0.969 bits per heavy atom. The number of benzene rings is 3. The van der Waals surface area contributed by atoms with Crippen LogP contribution in [0.15, 0.2) is 72.8 Å². The van der Waals surface area contributed by atoms with Crippen molar-refractivity contribution < 1.29 is 13.9 Å². The fourth-order valence-electron chi connectivity index (χ4n) is 3.34. The van der Waals surface area contributed by atoms with E-state index in [2.05, 4.69) is 9.88 Å². The first-order valence-corrected chi connectivity index (χ1v) is 11.2. The number of hydrogen-bond acceptors (Lipinski definition) is 5. The summed E-state index contributed by atoms with van der Waals surface area (Å²) in [6, 6.07) is 21.3. The Bertz CT molecular complexity index is 1210. The van der Waals surface area contributed by atoms with Crippen molar-refractivity contribution in [3.8, 4) is 11.5 Å². The molecule has 4 rings (SSSR count). The molecular weight excluding hydrogens is 425 g/mol. The molecule has 0 saturated carbocycles. The predicted molar refractivity (Wildman–Crippen MR) is 127 cm³/mol. The van der Waals surface area contributed by atoms with Crippen molar-refractivity contribution >= 4 is 32.6 Å². The van der Waals surface area contributed by atoms with E-state index in [1.54, 1.807) is 29.2 Å². The maximum absolute atomic E-state index is 14.3. The molecule has 0 N–H and O–H groups in total. The number of rotatable bonds is 8. The van der Waals surface area contributed by atoms with Gasteiger partial charge in [-0.1, -0.05) is 47.7 Å². The van der Waals surface area contributed by atoms with Gasteiger partial charge in [0.15, 0.2) is 5.13 Å². The number of fused-ring (bicyclic) bond motifs is 1. The Morgan fingerprint density at radius 3 is 2.47 bits per heavy atom. The van der Waals surface area contributed by atoms with Gasteiger partial charge in [0.2, 0.25) is 0 Å². The highest BCUT2D eigenvalue weighted by atomic mass is 32.1. The molecule has 1 amide bonds. The van der Waals surface area contributed by atoms with Crippen molar-refractivity contribution in [3.63, 3.8) is 0 Å². The largest absolute Gasteiger partial charge is 0.457 e. The van der Waals surface area contributed by atoms with Crippen LogP contribution >= 0.6 is 11.3 Å². The van der Waals surface area contributed by atoms with Gasteiger partial charge >= 0.3 is 0 Å². The minimum atomic E-state index is -0.390. The molecule has 1 heterocycles. The van der Waals surface area contributed by atoms with Crippen LogP contribution in [-0.4, -0.2) is 43.0 Å². The van der Waals surface area contributed by atoms with Gasteiger partial charge in [0.25, 0.3) is 5.91 Å². The molecule has 5 nitrogen and oxygen atoms in total. The molecule has 3 aromatic carbocycles. The molecule has 0 unspecified atom stereocenters. The number of carbonyl (C=O) groups is 1. The molecule has 7 heteroatoms. The maximum atomic E-state index is 14.3. The van der Waals surface area contributed by atoms with Crippen molar-refractivity contribution in [3.05, 3.63) is 84.2 Å². The van der Waals surface area contributed by atoms with E-state index in [9.17, 15) is 9.18 Å². The van der Waals surface area contributed by atoms with E-state index in [0.717, 1.165) is 13.0 Å². The lowest BCUT2D eigenvalue weighted by atomic mass is 10.1. The third kappa shape index (κ3) is 4.95. The number of aromatic nitrogens is 1. The number of ether oxygens (including phenoxy) is 1. The molecule has 32 heavy (non-hydrogen) atoms. The number of para-hydroxylation sites is 3. The third-order valence-corrected chi connectivity index (χ3v) is 5.95. The molecule has 164 valence electrons. The highest BCUT2D eigenvalue weighted by Gasteiger charge is 2.24. The molecule has 0 fully saturated rings. The lowest BCUT2D eigenvalue weighted by molar-refractivity contribution is 0.0984. The molecule has 4 aromatic rings. The summed E-state index contributed by atoms with van der Waals surface area (Å²) in [5.41, 5.74) is 0.715. The quantitative estimate of drug-likeness (QED) is 0.340. The Labute approximate surface area is 190 Å². The summed E-state index contributed by atoms with van der Waals surface area (Å²) in [4.78, 5) is 21.9. The minimum absolute atomic E-state index is 0.227. The van der Waals surface area contributed by atoms with E-state index in [0.29, 0.717) is 33.4 Å². The lowest BCUT2D eigenvalue weighted by Crippen LogP contribution is -2.33. The monoisotopic (exact) mass is 449 g/mol. The van der Waals surface area contributed by atoms with Crippen LogP contribution in [0.4, 0.5) is 9.52 Å². The van der Waals surface area contributed by atoms with Crippen LogP contribution in [0.2, 0.25) is 0 Å². The van der Waals surface area contributed by atoms with Crippen molar-refractivity contribution in [2.75, 3.05) is 32.1 Å². The zero-order valence-corrected chi connectivity index (χ0v) is 18.8. The Balaban J connectivity index is 1.69. The highest BCUT2D eigenvalue weighted by Crippen LogP contribution is 2.33. The number of thiazole rings is 1. The molecule has 0 aliphatic rings. The van der Waals surface area contributed by atoms with Crippen LogP contribution in [0, 0.1) is 5.82 Å². The van der Waals surface area contributed by atoms with Gasteiger partial charge in [0, 0.05) is 6.54 Å². The number of amides is 1. The summed E-state index contributed by atoms with van der Waals surface area (Å²) in [6.07, 6.45) is 0.749. The summed E-state index contributed by atoms with van der Waals surface area (Å²) >= 11 is 1.31. The lowest BCUT2D eigenvalue weighted by Gasteiger charge is -2.22. The van der Waals surface area contributed by atoms with E-state index in [-0.39, 0.29) is 11.4 Å². The molecule has 1 aromatic heterocycles. The average molecular weight is 450 g/mol. The Kier molecular flexibility index (Phi) is 6.78. The SMILES string of the molecule is CN(C)CCCN(C(=O)c1ccccc1Oc1ccccc1)c1nc2c(F)cccc2s1. The van der Waals surface area contributed by atoms with Gasteiger partial charge < -0.3 is 9.64 Å². The van der Waals surface area contributed by atoms with Crippen LogP contribution < -0.4 is 9.64 Å². The van der Waals surface area contributed by atoms with Gasteiger partial charge in [-0.25, -0.2) is 9.37 Å². The smallest absolute Gasteiger partial charge is 0.263 e. The standard InChI is InChI=1S/C25H24FN3O2S/c1-28(2)16-9-17-29(25-27-23-20(26)13-8-15-22(23)32-25)24(30)19-12-6-7-14-21(19)31-18-10-4-3-5-11-18/h3-8,10-15H,9,16-17H2,1-2H3. The molecule has 0 aliphatic carbocycles. The zero-order chi connectivity index (χ0) is 22.5. The highest BCUT2D eigenvalue weighted by molar-refractivity contribution is 7.22. The summed E-state index contributed by atoms with van der Waals surface area (Å²) in [7, 11) is 3.98. The summed E-state index contributed by atoms with van der Waals surface area (Å²) < 4.78 is 21.0. The van der Waals surface area contributed by atoms with Gasteiger partial charge in [-0.15, -0.1) is 0 Å². The van der Waals surface area contributed by atoms with E-state index < -0.39 is 5.82 Å². The van der Waals surface area contributed by atoms with Gasteiger partial charge in [-0.05, 0) is 63.5 Å². The molecule has 0 radical (unpaired) electrons. The zero-order valence-electron chi connectivity index (χ0n) is 18.0. The van der Waals surface area contributed by atoms with Gasteiger partial charge in [0.05, 0.1) is 10.3 Å². The topological polar surface area (TPSA) is 45.7 Å². The molecule has 0 saturated heterocycles. The van der Waals surface area contributed by atoms with Gasteiger partial charge in [0.1, 0.15) is 22.8 Å². The first kappa shape index (κ1) is 21.9. The second-order valence-electron chi connectivity index (χ2n) is 7.61. The Hall–Kier alpha value is -3.29. The van der Waals surface area contributed by atoms with E-state index in [4.69, 9.17) is 4.74 Å². The van der Waals surface area contributed by atoms with Gasteiger partial charge in [-0.3, -0.25) is 9.69 Å². The van der Waals surface area contributed by atoms with Crippen molar-refractivity contribution in [1.29, 1.82) is 0 Å². The van der Waals surface area contributed by atoms with Crippen LogP contribution in [0.25, 0.3) is 10.2 Å². The summed E-state index contributed by atoms with van der Waals surface area (Å²) in [5.74, 6) is 0.496. The van der Waals surface area contributed by atoms with Crippen LogP contribution in [-0.2, 0) is 0 Å². The Morgan fingerprint density at radius 2 is 1.72 bits per heavy atom. The summed E-state index contributed by atoms with van der Waals surface area (Å²) in [5, 5.41) is 0.475. The number of halogens is 1. The second kappa shape index (κ2) is 9.89. The summed E-state index contributed by atoms with van der Waals surface area (Å²) in [6.45, 7) is 1.27. The molecule has 0 aliphatic heterocycles. The maximum Gasteiger partial charge on any atom is 0.263 e. The second-order valence-corrected chi connectivity index (χ2v) is 8.62. The third-order valence-electron chi connectivity index (χ3n) is 4.91. The fraction of sp³-hybridized carbons (Fsp3) is 0.200. The van der Waals surface area contributed by atoms with E-state index in [1.165, 1.54) is 17.4 Å². The van der Waals surface area contributed by atoms with E-state index in [1.807, 2.05) is 56.6 Å². The minimum Gasteiger partial charge on any atom is -0.457 e. The molecule has 0 bridgehead atoms. The van der Waals surface area contributed by atoms with Crippen molar-refractivity contribution in [2.45, 2.75) is 6.42 Å². The molecule has 0 spiro atoms. The number of nitrogens with zero attached hydrogens (tertiary/aromatic N) is 3. The normalized spacial score (nSPS) is 11.1. The van der Waals surface area contributed by atoms with Crippen molar-refractivity contribution in [2.24, 2.45) is 0 Å². The van der Waals surface area contributed by atoms with Crippen LogP contribution in [0.1, 0.15) is 16.8 Å². The fourth-order valence-corrected chi connectivity index (χ4v) is 4.35.